The molecule has 1 heteroatoms. The van der Waals surface area contributed by atoms with Gasteiger partial charge in [0.15, 0.2) is 0 Å². The minimum atomic E-state index is 0.667. The van der Waals surface area contributed by atoms with Crippen LogP contribution in [0.2, 0.25) is 0 Å². The molecular formula is C18H29N. The normalized spacial score (nSPS) is 20.0. The van der Waals surface area contributed by atoms with Gasteiger partial charge in [0.2, 0.25) is 0 Å². The quantitative estimate of drug-likeness (QED) is 0.702. The Balaban J connectivity index is 1.80. The lowest BCUT2D eigenvalue weighted by molar-refractivity contribution is 0.439. The molecule has 0 saturated carbocycles. The Labute approximate surface area is 118 Å². The van der Waals surface area contributed by atoms with E-state index in [9.17, 15) is 0 Å². The van der Waals surface area contributed by atoms with Crippen LogP contribution in [0.4, 0.5) is 0 Å². The third-order valence-corrected chi connectivity index (χ3v) is 4.45. The first-order valence-corrected chi connectivity index (χ1v) is 8.12. The second kappa shape index (κ2) is 7.69. The van der Waals surface area contributed by atoms with Crippen LogP contribution in [0.25, 0.3) is 0 Å². The fraction of sp³-hybridized carbons (Fsp3) is 0.667. The molecule has 0 saturated heterocycles. The van der Waals surface area contributed by atoms with Crippen LogP contribution in [0.1, 0.15) is 69.4 Å². The first-order chi connectivity index (χ1) is 9.31. The maximum absolute atomic E-state index is 3.75. The number of aryl methyl sites for hydroxylation is 1. The maximum atomic E-state index is 3.75. The van der Waals surface area contributed by atoms with Crippen LogP contribution in [0.3, 0.4) is 0 Å². The van der Waals surface area contributed by atoms with Gasteiger partial charge in [-0.25, -0.2) is 0 Å². The number of benzene rings is 1. The molecule has 1 aliphatic rings. The minimum absolute atomic E-state index is 0.667. The highest BCUT2D eigenvalue weighted by Crippen LogP contribution is 2.30. The zero-order valence-corrected chi connectivity index (χ0v) is 12.6. The number of nitrogens with one attached hydrogen (secondary N) is 1. The molecule has 2 rings (SSSR count). The number of hydrogen-bond acceptors (Lipinski definition) is 1. The monoisotopic (exact) mass is 259 g/mol. The molecular weight excluding hydrogens is 230 g/mol. The molecule has 0 bridgehead atoms. The van der Waals surface area contributed by atoms with Gasteiger partial charge >= 0.3 is 0 Å². The molecule has 0 radical (unpaired) electrons. The predicted molar refractivity (Wildman–Crippen MR) is 83.7 cm³/mol. The molecule has 0 fully saturated rings. The molecule has 0 spiro atoms. The van der Waals surface area contributed by atoms with Crippen molar-refractivity contribution in [2.45, 2.75) is 70.8 Å². The Morgan fingerprint density at radius 3 is 2.95 bits per heavy atom. The van der Waals surface area contributed by atoms with Crippen molar-refractivity contribution in [1.29, 1.82) is 0 Å². The molecule has 0 heterocycles. The van der Waals surface area contributed by atoms with Gasteiger partial charge in [-0.3, -0.25) is 0 Å². The first kappa shape index (κ1) is 14.6. The summed E-state index contributed by atoms with van der Waals surface area (Å²) in [6, 6.07) is 9.69. The van der Waals surface area contributed by atoms with Crippen LogP contribution >= 0.6 is 0 Å². The van der Waals surface area contributed by atoms with E-state index < -0.39 is 0 Å². The first-order valence-electron chi connectivity index (χ1n) is 8.12. The van der Waals surface area contributed by atoms with E-state index >= 15 is 0 Å². The Morgan fingerprint density at radius 2 is 2.11 bits per heavy atom. The van der Waals surface area contributed by atoms with Crippen molar-refractivity contribution in [2.75, 3.05) is 6.54 Å². The van der Waals surface area contributed by atoms with Crippen LogP contribution in [0.15, 0.2) is 24.3 Å². The standard InChI is InChI=1S/C18H29N/c1-3-4-5-9-15(2)19-14-17-12-8-11-16-10-6-7-13-18(16)17/h6-7,10,13,15,17,19H,3-5,8-9,11-12,14H2,1-2H3. The molecule has 1 nitrogen and oxygen atoms in total. The average molecular weight is 259 g/mol. The van der Waals surface area contributed by atoms with E-state index in [4.69, 9.17) is 0 Å². The fourth-order valence-corrected chi connectivity index (χ4v) is 3.21. The lowest BCUT2D eigenvalue weighted by Gasteiger charge is -2.27. The summed E-state index contributed by atoms with van der Waals surface area (Å²) in [5.74, 6) is 0.735. The van der Waals surface area contributed by atoms with E-state index in [1.165, 1.54) is 44.9 Å². The molecule has 1 N–H and O–H groups in total. The second-order valence-electron chi connectivity index (χ2n) is 6.09. The van der Waals surface area contributed by atoms with E-state index in [2.05, 4.69) is 43.4 Å². The minimum Gasteiger partial charge on any atom is -0.314 e. The fourth-order valence-electron chi connectivity index (χ4n) is 3.21. The SMILES string of the molecule is CCCCCC(C)NCC1CCCc2ccccc21. The van der Waals surface area contributed by atoms with E-state index in [0.29, 0.717) is 6.04 Å². The summed E-state index contributed by atoms with van der Waals surface area (Å²) >= 11 is 0. The molecule has 1 aromatic rings. The summed E-state index contributed by atoms with van der Waals surface area (Å²) < 4.78 is 0. The molecule has 1 aliphatic carbocycles. The highest BCUT2D eigenvalue weighted by molar-refractivity contribution is 5.32. The Hall–Kier alpha value is -0.820. The summed E-state index contributed by atoms with van der Waals surface area (Å²) in [7, 11) is 0. The van der Waals surface area contributed by atoms with Gasteiger partial charge < -0.3 is 5.32 Å². The third-order valence-electron chi connectivity index (χ3n) is 4.45. The Morgan fingerprint density at radius 1 is 1.26 bits per heavy atom. The predicted octanol–water partition coefficient (Wildman–Crippen LogP) is 4.66. The molecule has 2 atom stereocenters. The van der Waals surface area contributed by atoms with Crippen LogP contribution in [0.5, 0.6) is 0 Å². The lowest BCUT2D eigenvalue weighted by Crippen LogP contribution is -2.31. The zero-order valence-electron chi connectivity index (χ0n) is 12.6. The molecule has 19 heavy (non-hydrogen) atoms. The second-order valence-corrected chi connectivity index (χ2v) is 6.09. The molecule has 0 amide bonds. The van der Waals surface area contributed by atoms with E-state index in [0.717, 1.165) is 12.5 Å². The van der Waals surface area contributed by atoms with Crippen LogP contribution in [-0.2, 0) is 6.42 Å². The van der Waals surface area contributed by atoms with Gasteiger partial charge in [-0.2, -0.15) is 0 Å². The summed E-state index contributed by atoms with van der Waals surface area (Å²) in [6.45, 7) is 5.77. The summed E-state index contributed by atoms with van der Waals surface area (Å²) in [4.78, 5) is 0. The summed E-state index contributed by atoms with van der Waals surface area (Å²) in [5.41, 5.74) is 3.18. The van der Waals surface area contributed by atoms with Crippen molar-refractivity contribution >= 4 is 0 Å². The lowest BCUT2D eigenvalue weighted by atomic mass is 9.83. The van der Waals surface area contributed by atoms with Crippen LogP contribution < -0.4 is 5.32 Å². The van der Waals surface area contributed by atoms with Crippen LogP contribution in [0, 0.1) is 0 Å². The average Bonchev–Trinajstić information content (AvgIpc) is 2.45. The molecule has 0 aliphatic heterocycles. The van der Waals surface area contributed by atoms with Crippen molar-refractivity contribution in [3.8, 4) is 0 Å². The van der Waals surface area contributed by atoms with Gasteiger partial charge in [-0.05, 0) is 49.7 Å². The smallest absolute Gasteiger partial charge is 0.00389 e. The zero-order chi connectivity index (χ0) is 13.5. The summed E-state index contributed by atoms with van der Waals surface area (Å²) in [6.07, 6.45) is 9.37. The van der Waals surface area contributed by atoms with E-state index in [1.807, 2.05) is 0 Å². The molecule has 0 aromatic heterocycles. The number of rotatable bonds is 7. The summed E-state index contributed by atoms with van der Waals surface area (Å²) in [5, 5.41) is 3.75. The van der Waals surface area contributed by atoms with Crippen molar-refractivity contribution in [1.82, 2.24) is 5.32 Å². The highest BCUT2D eigenvalue weighted by Gasteiger charge is 2.19. The molecule has 2 unspecified atom stereocenters. The highest BCUT2D eigenvalue weighted by atomic mass is 14.9. The van der Waals surface area contributed by atoms with Gasteiger partial charge in [0.25, 0.3) is 0 Å². The van der Waals surface area contributed by atoms with Crippen molar-refractivity contribution in [2.24, 2.45) is 0 Å². The van der Waals surface area contributed by atoms with Gasteiger partial charge in [-0.1, -0.05) is 50.5 Å². The Kier molecular flexibility index (Phi) is 5.91. The van der Waals surface area contributed by atoms with E-state index in [-0.39, 0.29) is 0 Å². The third kappa shape index (κ3) is 4.35. The van der Waals surface area contributed by atoms with Gasteiger partial charge in [0.05, 0.1) is 0 Å². The van der Waals surface area contributed by atoms with Crippen LogP contribution in [-0.4, -0.2) is 12.6 Å². The largest absolute Gasteiger partial charge is 0.314 e. The van der Waals surface area contributed by atoms with Gasteiger partial charge in [0.1, 0.15) is 0 Å². The molecule has 106 valence electrons. The number of unbranched alkanes of at least 4 members (excludes halogenated alkanes) is 2. The van der Waals surface area contributed by atoms with Crippen molar-refractivity contribution in [3.05, 3.63) is 35.4 Å². The van der Waals surface area contributed by atoms with Crippen molar-refractivity contribution < 1.29 is 0 Å². The maximum Gasteiger partial charge on any atom is 0.00389 e. The van der Waals surface area contributed by atoms with E-state index in [1.54, 1.807) is 11.1 Å². The number of hydrogen-bond donors (Lipinski definition) is 1. The number of fused-ring (bicyclic) bond motifs is 1. The van der Waals surface area contributed by atoms with Crippen molar-refractivity contribution in [3.63, 3.8) is 0 Å². The topological polar surface area (TPSA) is 12.0 Å². The Bertz CT molecular complexity index is 372. The van der Waals surface area contributed by atoms with Gasteiger partial charge in [-0.15, -0.1) is 0 Å². The van der Waals surface area contributed by atoms with Gasteiger partial charge in [0, 0.05) is 12.6 Å². The molecule has 1 aromatic carbocycles.